The summed E-state index contributed by atoms with van der Waals surface area (Å²) in [5.41, 5.74) is 11.0. The van der Waals surface area contributed by atoms with Gasteiger partial charge in [-0.1, -0.05) is 170 Å². The lowest BCUT2D eigenvalue weighted by Crippen LogP contribution is -2.45. The Morgan fingerprint density at radius 3 is 1.70 bits per heavy atom. The highest BCUT2D eigenvalue weighted by atomic mass is 32.2. The molecule has 0 atom stereocenters. The number of nitrogens with one attached hydrogen (secondary N) is 3. The van der Waals surface area contributed by atoms with Crippen LogP contribution in [0.4, 0.5) is 34.1 Å². The Hall–Kier alpha value is -5.31. The van der Waals surface area contributed by atoms with Crippen LogP contribution in [0.5, 0.6) is 0 Å². The van der Waals surface area contributed by atoms with E-state index in [4.69, 9.17) is 5.73 Å². The van der Waals surface area contributed by atoms with Crippen LogP contribution in [0.2, 0.25) is 0 Å². The third-order valence-electron chi connectivity index (χ3n) is 12.1. The van der Waals surface area contributed by atoms with E-state index in [1.165, 1.54) is 121 Å². The maximum Gasteiger partial charge on any atom is 0.296 e. The molecular weight excluding hydrogens is 867 g/mol. The second kappa shape index (κ2) is 24.5. The summed E-state index contributed by atoms with van der Waals surface area (Å²) in [6.07, 6.45) is 22.3. The van der Waals surface area contributed by atoms with Crippen molar-refractivity contribution < 1.29 is 25.9 Å². The van der Waals surface area contributed by atoms with Gasteiger partial charge < -0.3 is 26.2 Å². The smallest absolute Gasteiger partial charge is 0.296 e. The zero-order chi connectivity index (χ0) is 46.9. The van der Waals surface area contributed by atoms with Gasteiger partial charge in [0.25, 0.3) is 10.1 Å². The third kappa shape index (κ3) is 13.9. The first-order valence-corrected chi connectivity index (χ1v) is 26.6. The Bertz CT molecular complexity index is 2730. The summed E-state index contributed by atoms with van der Waals surface area (Å²) >= 11 is 0. The van der Waals surface area contributed by atoms with E-state index in [0.717, 1.165) is 11.4 Å². The Morgan fingerprint density at radius 2 is 1.17 bits per heavy atom. The molecule has 5 aromatic carbocycles. The maximum atomic E-state index is 12.7. The minimum Gasteiger partial charge on any atom is -0.744 e. The van der Waals surface area contributed by atoms with Crippen molar-refractivity contribution in [2.75, 3.05) is 16.0 Å². The predicted molar refractivity (Wildman–Crippen MR) is 271 cm³/mol. The SMILES string of the molecule is CCCCCCCCCC(N)CCCCCCCCC.O=S(=O)([O-])c1cccc2c1=C(Nc1ccccc1)CC1=[N+](c3ccccc3)c3cc(Nc4ccccc4)c(S(=O)(=O)O)cc3NC=21. The van der Waals surface area contributed by atoms with Crippen molar-refractivity contribution in [1.29, 1.82) is 0 Å². The van der Waals surface area contributed by atoms with E-state index in [2.05, 4.69) is 29.8 Å². The molecule has 13 heteroatoms. The van der Waals surface area contributed by atoms with Crippen molar-refractivity contribution in [3.63, 3.8) is 0 Å². The molecule has 352 valence electrons. The van der Waals surface area contributed by atoms with Gasteiger partial charge in [0, 0.05) is 51.8 Å². The third-order valence-corrected chi connectivity index (χ3v) is 13.9. The number of rotatable bonds is 23. The van der Waals surface area contributed by atoms with Crippen LogP contribution in [-0.4, -0.2) is 37.7 Å². The zero-order valence-electron chi connectivity index (χ0n) is 38.5. The molecule has 1 heterocycles. The molecule has 0 amide bonds. The van der Waals surface area contributed by atoms with Crippen LogP contribution >= 0.6 is 0 Å². The lowest BCUT2D eigenvalue weighted by atomic mass is 9.96. The lowest BCUT2D eigenvalue weighted by molar-refractivity contribution is 0.462. The number of benzene rings is 5. The predicted octanol–water partition coefficient (Wildman–Crippen LogP) is 11.3. The molecule has 11 nitrogen and oxygen atoms in total. The van der Waals surface area contributed by atoms with Crippen LogP contribution in [0.15, 0.2) is 131 Å². The van der Waals surface area contributed by atoms with Crippen molar-refractivity contribution in [2.45, 2.75) is 139 Å². The molecular formula is C53H67N5O6S2. The summed E-state index contributed by atoms with van der Waals surface area (Å²) in [5, 5.41) is 10.5. The van der Waals surface area contributed by atoms with Gasteiger partial charge in [-0.2, -0.15) is 13.0 Å². The summed E-state index contributed by atoms with van der Waals surface area (Å²) in [6.45, 7) is 4.56. The fraction of sp³-hybridized carbons (Fsp3) is 0.377. The fourth-order valence-corrected chi connectivity index (χ4v) is 10.1. The second-order valence-electron chi connectivity index (χ2n) is 17.3. The first-order chi connectivity index (χ1) is 31.9. The fourth-order valence-electron chi connectivity index (χ4n) is 8.76. The van der Waals surface area contributed by atoms with Gasteiger partial charge in [-0.15, -0.1) is 0 Å². The number of hydrogen-bond acceptors (Lipinski definition) is 9. The topological polar surface area (TPSA) is 177 Å². The molecule has 1 aliphatic heterocycles. The van der Waals surface area contributed by atoms with Crippen LogP contribution in [0.25, 0.3) is 11.4 Å². The number of para-hydroxylation sites is 3. The zero-order valence-corrected chi connectivity index (χ0v) is 40.1. The van der Waals surface area contributed by atoms with Crippen LogP contribution in [0.1, 0.15) is 123 Å². The average molecular weight is 934 g/mol. The molecule has 0 aromatic heterocycles. The van der Waals surface area contributed by atoms with Gasteiger partial charge in [-0.05, 0) is 49.2 Å². The van der Waals surface area contributed by atoms with Gasteiger partial charge in [0.05, 0.1) is 17.0 Å². The summed E-state index contributed by atoms with van der Waals surface area (Å²) in [5.74, 6) is 0. The largest absolute Gasteiger partial charge is 0.744 e. The van der Waals surface area contributed by atoms with Crippen LogP contribution < -0.4 is 36.7 Å². The van der Waals surface area contributed by atoms with E-state index in [-0.39, 0.29) is 27.1 Å². The molecule has 7 rings (SSSR count). The minimum atomic E-state index is -4.89. The molecule has 0 saturated heterocycles. The summed E-state index contributed by atoms with van der Waals surface area (Å²) in [7, 11) is -9.59. The second-order valence-corrected chi connectivity index (χ2v) is 20.0. The van der Waals surface area contributed by atoms with E-state index in [1.54, 1.807) is 36.4 Å². The van der Waals surface area contributed by atoms with Crippen molar-refractivity contribution >= 4 is 71.5 Å². The lowest BCUT2D eigenvalue weighted by Gasteiger charge is -2.27. The number of fused-ring (bicyclic) bond motifs is 3. The van der Waals surface area contributed by atoms with E-state index in [9.17, 15) is 25.9 Å². The van der Waals surface area contributed by atoms with Crippen molar-refractivity contribution in [2.24, 2.45) is 5.73 Å². The Kier molecular flexibility index (Phi) is 18.6. The molecule has 2 aliphatic rings. The number of nitrogens with two attached hydrogens (primary N) is 1. The van der Waals surface area contributed by atoms with E-state index < -0.39 is 20.2 Å². The molecule has 66 heavy (non-hydrogen) atoms. The van der Waals surface area contributed by atoms with Crippen LogP contribution in [0, 0.1) is 0 Å². The van der Waals surface area contributed by atoms with Crippen molar-refractivity contribution in [3.05, 3.63) is 132 Å². The van der Waals surface area contributed by atoms with E-state index >= 15 is 0 Å². The first kappa shape index (κ1) is 50.1. The Labute approximate surface area is 392 Å². The summed E-state index contributed by atoms with van der Waals surface area (Å²) < 4.78 is 75.2. The van der Waals surface area contributed by atoms with Gasteiger partial charge >= 0.3 is 0 Å². The van der Waals surface area contributed by atoms with Gasteiger partial charge in [0.1, 0.15) is 26.4 Å². The molecule has 0 radical (unpaired) electrons. The normalized spacial score (nSPS) is 13.3. The summed E-state index contributed by atoms with van der Waals surface area (Å²) in [4.78, 5) is -0.737. The molecule has 6 N–H and O–H groups in total. The summed E-state index contributed by atoms with van der Waals surface area (Å²) in [6, 6.07) is 35.6. The minimum absolute atomic E-state index is 0.154. The molecule has 1 aliphatic carbocycles. The van der Waals surface area contributed by atoms with E-state index in [0.29, 0.717) is 45.4 Å². The first-order valence-electron chi connectivity index (χ1n) is 23.7. The highest BCUT2D eigenvalue weighted by molar-refractivity contribution is 7.86. The Morgan fingerprint density at radius 1 is 0.652 bits per heavy atom. The van der Waals surface area contributed by atoms with Gasteiger partial charge in [-0.3, -0.25) is 4.55 Å². The van der Waals surface area contributed by atoms with Gasteiger partial charge in [0.15, 0.2) is 0 Å². The number of nitrogens with zero attached hydrogens (tertiary/aromatic N) is 1. The van der Waals surface area contributed by atoms with Crippen LogP contribution in [-0.2, 0) is 20.2 Å². The van der Waals surface area contributed by atoms with Gasteiger partial charge in [0.2, 0.25) is 17.1 Å². The standard InChI is InChI=1S/C34H26N4O6S2.C19H41N/c39-45(40,41)31-18-10-17-25-33(31)28(36-23-13-6-2-7-14-23)20-30-34(25)37-26-21-32(46(42,43)44)27(35-22-11-4-1-5-12-22)19-29(26)38(30)24-15-8-3-9-16-24;1-3-5-7-9-11-13-15-17-19(20)18-16-14-12-10-8-6-4-2/h1-19,21,35,37H,20H2,(H2,39,40,41,42,43,44);19H,3-18,20H2,1-2H3. The number of hydrogen-bond donors (Lipinski definition) is 5. The molecule has 0 saturated carbocycles. The van der Waals surface area contributed by atoms with Crippen molar-refractivity contribution in [3.8, 4) is 0 Å². The molecule has 0 unspecified atom stereocenters. The maximum absolute atomic E-state index is 12.7. The van der Waals surface area contributed by atoms with Crippen LogP contribution in [0.3, 0.4) is 0 Å². The monoisotopic (exact) mass is 933 g/mol. The quantitative estimate of drug-likeness (QED) is 0.0241. The Balaban J connectivity index is 0.000000306. The molecule has 0 spiro atoms. The molecule has 0 fully saturated rings. The highest BCUT2D eigenvalue weighted by Crippen LogP contribution is 2.42. The van der Waals surface area contributed by atoms with E-state index in [1.807, 2.05) is 71.3 Å². The van der Waals surface area contributed by atoms with Gasteiger partial charge in [-0.25, -0.2) is 8.42 Å². The average Bonchev–Trinajstić information content (AvgIpc) is 3.30. The highest BCUT2D eigenvalue weighted by Gasteiger charge is 2.38. The van der Waals surface area contributed by atoms with Crippen molar-refractivity contribution in [1.82, 2.24) is 4.58 Å². The number of anilines is 4. The molecule has 0 bridgehead atoms. The number of unbranched alkanes of at least 4 members (excludes halogenated alkanes) is 12. The molecule has 5 aromatic rings.